The summed E-state index contributed by atoms with van der Waals surface area (Å²) in [5.74, 6) is -0.479. The monoisotopic (exact) mass is 308 g/mol. The first-order valence-electron chi connectivity index (χ1n) is 6.48. The van der Waals surface area contributed by atoms with Gasteiger partial charge in [0.25, 0.3) is 10.0 Å². The van der Waals surface area contributed by atoms with Crippen molar-refractivity contribution < 1.29 is 12.8 Å². The summed E-state index contributed by atoms with van der Waals surface area (Å²) in [5.41, 5.74) is 6.72. The van der Waals surface area contributed by atoms with Crippen LogP contribution in [0.5, 0.6) is 0 Å². The summed E-state index contributed by atoms with van der Waals surface area (Å²) < 4.78 is 39.3. The lowest BCUT2D eigenvalue weighted by Gasteiger charge is -2.19. The van der Waals surface area contributed by atoms with Gasteiger partial charge >= 0.3 is 0 Å². The van der Waals surface area contributed by atoms with Gasteiger partial charge in [0.1, 0.15) is 5.82 Å². The van der Waals surface area contributed by atoms with Crippen LogP contribution < -0.4 is 10.0 Å². The molecular formula is C15H17FN2O2S. The zero-order chi connectivity index (χ0) is 15.5. The Morgan fingerprint density at radius 3 is 2.38 bits per heavy atom. The number of nitrogens with zero attached hydrogens (tertiary/aromatic N) is 1. The molecule has 0 aromatic heterocycles. The Hall–Kier alpha value is -1.92. The molecule has 0 aliphatic rings. The van der Waals surface area contributed by atoms with Crippen molar-refractivity contribution in [3.05, 3.63) is 59.9 Å². The van der Waals surface area contributed by atoms with E-state index in [0.717, 1.165) is 9.87 Å². The molecule has 0 unspecified atom stereocenters. The number of benzene rings is 2. The van der Waals surface area contributed by atoms with Gasteiger partial charge in [0.15, 0.2) is 0 Å². The smallest absolute Gasteiger partial charge is 0.264 e. The Morgan fingerprint density at radius 1 is 1.14 bits per heavy atom. The lowest BCUT2D eigenvalue weighted by atomic mass is 10.2. The van der Waals surface area contributed by atoms with Crippen molar-refractivity contribution in [2.45, 2.75) is 11.3 Å². The van der Waals surface area contributed by atoms with Gasteiger partial charge in [0.2, 0.25) is 0 Å². The van der Waals surface area contributed by atoms with E-state index in [1.165, 1.54) is 37.4 Å². The molecule has 21 heavy (non-hydrogen) atoms. The molecule has 0 amide bonds. The number of hydrogen-bond acceptors (Lipinski definition) is 3. The lowest BCUT2D eigenvalue weighted by molar-refractivity contribution is 0.594. The van der Waals surface area contributed by atoms with Crippen molar-refractivity contribution in [2.24, 2.45) is 5.73 Å². The molecule has 112 valence electrons. The van der Waals surface area contributed by atoms with Crippen LogP contribution in [-0.4, -0.2) is 22.0 Å². The maximum atomic E-state index is 13.2. The summed E-state index contributed by atoms with van der Waals surface area (Å²) in [4.78, 5) is 0.162. The van der Waals surface area contributed by atoms with Gasteiger partial charge in [-0.2, -0.15) is 0 Å². The predicted molar refractivity (Wildman–Crippen MR) is 81.2 cm³/mol. The molecule has 0 aliphatic heterocycles. The van der Waals surface area contributed by atoms with E-state index in [9.17, 15) is 12.8 Å². The maximum Gasteiger partial charge on any atom is 0.264 e. The van der Waals surface area contributed by atoms with Gasteiger partial charge in [-0.1, -0.05) is 18.2 Å². The topological polar surface area (TPSA) is 63.4 Å². The third-order valence-corrected chi connectivity index (χ3v) is 4.99. The highest BCUT2D eigenvalue weighted by Crippen LogP contribution is 2.22. The molecule has 2 aromatic carbocycles. The number of hydrogen-bond donors (Lipinski definition) is 1. The van der Waals surface area contributed by atoms with Gasteiger partial charge in [-0.3, -0.25) is 4.31 Å². The highest BCUT2D eigenvalue weighted by atomic mass is 32.2. The van der Waals surface area contributed by atoms with Gasteiger partial charge in [-0.05, 0) is 48.9 Å². The van der Waals surface area contributed by atoms with Crippen LogP contribution in [-0.2, 0) is 16.4 Å². The Bertz CT molecular complexity index is 715. The molecule has 0 spiro atoms. The average molecular weight is 308 g/mol. The van der Waals surface area contributed by atoms with Crippen LogP contribution in [0.1, 0.15) is 5.56 Å². The Labute approximate surface area is 124 Å². The van der Waals surface area contributed by atoms with E-state index in [4.69, 9.17) is 5.73 Å². The molecule has 0 saturated heterocycles. The molecule has 4 nitrogen and oxygen atoms in total. The fourth-order valence-corrected chi connectivity index (χ4v) is 3.15. The normalized spacial score (nSPS) is 11.4. The molecule has 0 heterocycles. The first-order chi connectivity index (χ1) is 9.95. The van der Waals surface area contributed by atoms with Crippen molar-refractivity contribution in [3.8, 4) is 0 Å². The van der Waals surface area contributed by atoms with Crippen LogP contribution in [0.4, 0.5) is 10.1 Å². The minimum atomic E-state index is -3.71. The third kappa shape index (κ3) is 3.40. The number of rotatable bonds is 5. The summed E-state index contributed by atoms with van der Waals surface area (Å²) in [6.07, 6.45) is 0.695. The van der Waals surface area contributed by atoms with Crippen molar-refractivity contribution in [2.75, 3.05) is 17.9 Å². The fourth-order valence-electron chi connectivity index (χ4n) is 1.96. The molecule has 6 heteroatoms. The SMILES string of the molecule is CN(c1cccc(F)c1)S(=O)(=O)c1ccc(CCN)cc1. The number of anilines is 1. The van der Waals surface area contributed by atoms with E-state index >= 15 is 0 Å². The van der Waals surface area contributed by atoms with E-state index in [-0.39, 0.29) is 10.6 Å². The molecule has 2 aromatic rings. The molecule has 0 bridgehead atoms. The van der Waals surface area contributed by atoms with Crippen LogP contribution >= 0.6 is 0 Å². The standard InChI is InChI=1S/C15H17FN2O2S/c1-18(14-4-2-3-13(16)11-14)21(19,20)15-7-5-12(6-8-15)9-10-17/h2-8,11H,9-10,17H2,1H3. The highest BCUT2D eigenvalue weighted by Gasteiger charge is 2.21. The zero-order valence-electron chi connectivity index (χ0n) is 11.7. The largest absolute Gasteiger partial charge is 0.330 e. The number of sulfonamides is 1. The summed E-state index contributed by atoms with van der Waals surface area (Å²) >= 11 is 0. The van der Waals surface area contributed by atoms with E-state index in [1.54, 1.807) is 18.2 Å². The van der Waals surface area contributed by atoms with Crippen LogP contribution in [0.25, 0.3) is 0 Å². The molecule has 0 atom stereocenters. The second-order valence-corrected chi connectivity index (χ2v) is 6.60. The maximum absolute atomic E-state index is 13.2. The van der Waals surface area contributed by atoms with Crippen LogP contribution in [0.2, 0.25) is 0 Å². The Kier molecular flexibility index (Phi) is 4.59. The molecule has 2 N–H and O–H groups in total. The predicted octanol–water partition coefficient (Wildman–Crippen LogP) is 2.15. The van der Waals surface area contributed by atoms with Crippen molar-refractivity contribution in [1.82, 2.24) is 0 Å². The number of halogens is 1. The molecule has 0 saturated carbocycles. The van der Waals surface area contributed by atoms with Crippen molar-refractivity contribution in [3.63, 3.8) is 0 Å². The van der Waals surface area contributed by atoms with Crippen LogP contribution in [0.3, 0.4) is 0 Å². The Balaban J connectivity index is 2.32. The minimum Gasteiger partial charge on any atom is -0.330 e. The zero-order valence-corrected chi connectivity index (χ0v) is 12.5. The van der Waals surface area contributed by atoms with Gasteiger partial charge < -0.3 is 5.73 Å². The molecule has 0 radical (unpaired) electrons. The Morgan fingerprint density at radius 2 is 1.81 bits per heavy atom. The third-order valence-electron chi connectivity index (χ3n) is 3.19. The van der Waals surface area contributed by atoms with Crippen molar-refractivity contribution in [1.29, 1.82) is 0 Å². The summed E-state index contributed by atoms with van der Waals surface area (Å²) in [5, 5.41) is 0. The highest BCUT2D eigenvalue weighted by molar-refractivity contribution is 7.92. The average Bonchev–Trinajstić information content (AvgIpc) is 2.47. The first kappa shape index (κ1) is 15.5. The number of nitrogens with two attached hydrogens (primary N) is 1. The van der Waals surface area contributed by atoms with E-state index in [1.807, 2.05) is 0 Å². The second kappa shape index (κ2) is 6.24. The lowest BCUT2D eigenvalue weighted by Crippen LogP contribution is -2.26. The quantitative estimate of drug-likeness (QED) is 0.920. The first-order valence-corrected chi connectivity index (χ1v) is 7.92. The van der Waals surface area contributed by atoms with Crippen LogP contribution in [0, 0.1) is 5.82 Å². The molecule has 2 rings (SSSR count). The van der Waals surface area contributed by atoms with E-state index in [2.05, 4.69) is 0 Å². The molecule has 0 fully saturated rings. The van der Waals surface area contributed by atoms with Gasteiger partial charge in [0, 0.05) is 7.05 Å². The van der Waals surface area contributed by atoms with Gasteiger partial charge in [-0.15, -0.1) is 0 Å². The fraction of sp³-hybridized carbons (Fsp3) is 0.200. The minimum absolute atomic E-state index is 0.162. The molecule has 0 aliphatic carbocycles. The van der Waals surface area contributed by atoms with Crippen LogP contribution in [0.15, 0.2) is 53.4 Å². The van der Waals surface area contributed by atoms with Gasteiger partial charge in [-0.25, -0.2) is 12.8 Å². The summed E-state index contributed by atoms with van der Waals surface area (Å²) in [6, 6.07) is 12.0. The second-order valence-electron chi connectivity index (χ2n) is 4.64. The van der Waals surface area contributed by atoms with Crippen molar-refractivity contribution >= 4 is 15.7 Å². The molecular weight excluding hydrogens is 291 g/mol. The van der Waals surface area contributed by atoms with E-state index in [0.29, 0.717) is 13.0 Å². The van der Waals surface area contributed by atoms with E-state index < -0.39 is 15.8 Å². The summed E-state index contributed by atoms with van der Waals surface area (Å²) in [7, 11) is -2.30. The summed E-state index contributed by atoms with van der Waals surface area (Å²) in [6.45, 7) is 0.509. The van der Waals surface area contributed by atoms with Gasteiger partial charge in [0.05, 0.1) is 10.6 Å².